The van der Waals surface area contributed by atoms with Gasteiger partial charge in [0, 0.05) is 23.0 Å². The summed E-state index contributed by atoms with van der Waals surface area (Å²) in [5, 5.41) is 0.594. The minimum absolute atomic E-state index is 0.0972. The Labute approximate surface area is 75.3 Å². The molecule has 0 spiro atoms. The predicted octanol–water partition coefficient (Wildman–Crippen LogP) is 1.93. The van der Waals surface area contributed by atoms with Crippen LogP contribution in [0.4, 0.5) is 0 Å². The zero-order valence-corrected chi connectivity index (χ0v) is 7.14. The van der Waals surface area contributed by atoms with E-state index in [0.29, 0.717) is 17.0 Å². The molecule has 1 aliphatic carbocycles. The Morgan fingerprint density at radius 1 is 1.50 bits per heavy atom. The average molecular weight is 182 g/mol. The first-order valence-electron chi connectivity index (χ1n) is 3.76. The summed E-state index contributed by atoms with van der Waals surface area (Å²) >= 11 is 5.74. The molecule has 0 fully saturated rings. The van der Waals surface area contributed by atoms with Gasteiger partial charge in [0.15, 0.2) is 5.78 Å². The molecular weight excluding hydrogens is 174 g/mol. The van der Waals surface area contributed by atoms with Gasteiger partial charge < -0.3 is 5.73 Å². The van der Waals surface area contributed by atoms with Gasteiger partial charge in [-0.2, -0.15) is 0 Å². The van der Waals surface area contributed by atoms with E-state index in [9.17, 15) is 4.79 Å². The molecule has 62 valence electrons. The lowest BCUT2D eigenvalue weighted by Crippen LogP contribution is -2.05. The number of carbonyl (C=O) groups is 1. The topological polar surface area (TPSA) is 43.1 Å². The zero-order chi connectivity index (χ0) is 8.72. The van der Waals surface area contributed by atoms with Gasteiger partial charge in [-0.15, -0.1) is 0 Å². The number of ketones is 1. The highest BCUT2D eigenvalue weighted by molar-refractivity contribution is 6.31. The molecule has 0 aromatic heterocycles. The molecule has 0 radical (unpaired) electrons. The largest absolute Gasteiger partial charge is 0.324 e. The predicted molar refractivity (Wildman–Crippen MR) is 47.3 cm³/mol. The SMILES string of the molecule is N[C@H]1CC(=O)c2cc(Cl)ccc21. The van der Waals surface area contributed by atoms with Gasteiger partial charge >= 0.3 is 0 Å². The summed E-state index contributed by atoms with van der Waals surface area (Å²) in [4.78, 5) is 11.3. The first-order chi connectivity index (χ1) is 5.68. The standard InChI is InChI=1S/C9H8ClNO/c10-5-1-2-6-7(3-5)9(12)4-8(6)11/h1-3,8H,4,11H2/t8-/m0/s1. The number of halogens is 1. The van der Waals surface area contributed by atoms with E-state index < -0.39 is 0 Å². The second-order valence-corrected chi connectivity index (χ2v) is 3.40. The van der Waals surface area contributed by atoms with Gasteiger partial charge in [-0.3, -0.25) is 4.79 Å². The van der Waals surface area contributed by atoms with Gasteiger partial charge in [0.1, 0.15) is 0 Å². The van der Waals surface area contributed by atoms with E-state index in [1.807, 2.05) is 6.07 Å². The van der Waals surface area contributed by atoms with Crippen LogP contribution >= 0.6 is 11.6 Å². The van der Waals surface area contributed by atoms with E-state index in [2.05, 4.69) is 0 Å². The Morgan fingerprint density at radius 3 is 3.00 bits per heavy atom. The molecule has 0 heterocycles. The fourth-order valence-electron chi connectivity index (χ4n) is 1.51. The summed E-state index contributed by atoms with van der Waals surface area (Å²) in [7, 11) is 0. The molecule has 12 heavy (non-hydrogen) atoms. The molecular formula is C9H8ClNO. The summed E-state index contributed by atoms with van der Waals surface area (Å²) < 4.78 is 0. The van der Waals surface area contributed by atoms with Gasteiger partial charge in [-0.05, 0) is 17.7 Å². The molecule has 1 atom stereocenters. The third-order valence-electron chi connectivity index (χ3n) is 2.12. The number of benzene rings is 1. The molecule has 3 heteroatoms. The van der Waals surface area contributed by atoms with Gasteiger partial charge in [-0.1, -0.05) is 17.7 Å². The highest BCUT2D eigenvalue weighted by Gasteiger charge is 2.26. The Kier molecular flexibility index (Phi) is 1.67. The van der Waals surface area contributed by atoms with Crippen LogP contribution in [-0.2, 0) is 0 Å². The number of carbonyl (C=O) groups excluding carboxylic acids is 1. The van der Waals surface area contributed by atoms with Gasteiger partial charge in [-0.25, -0.2) is 0 Å². The second kappa shape index (κ2) is 2.57. The Morgan fingerprint density at radius 2 is 2.25 bits per heavy atom. The molecule has 0 saturated heterocycles. The lowest BCUT2D eigenvalue weighted by molar-refractivity contribution is 0.0989. The van der Waals surface area contributed by atoms with Gasteiger partial charge in [0.25, 0.3) is 0 Å². The minimum atomic E-state index is -0.134. The Hall–Kier alpha value is -0.860. The van der Waals surface area contributed by atoms with E-state index in [-0.39, 0.29) is 11.8 Å². The smallest absolute Gasteiger partial charge is 0.165 e. The lowest BCUT2D eigenvalue weighted by atomic mass is 10.1. The molecule has 2 rings (SSSR count). The van der Waals surface area contributed by atoms with Crippen LogP contribution in [0.3, 0.4) is 0 Å². The van der Waals surface area contributed by atoms with Gasteiger partial charge in [0.05, 0.1) is 0 Å². The normalized spacial score (nSPS) is 21.2. The van der Waals surface area contributed by atoms with Crippen molar-refractivity contribution in [3.63, 3.8) is 0 Å². The molecule has 0 bridgehead atoms. The highest BCUT2D eigenvalue weighted by atomic mass is 35.5. The van der Waals surface area contributed by atoms with Crippen molar-refractivity contribution in [2.45, 2.75) is 12.5 Å². The molecule has 0 saturated carbocycles. The molecule has 2 N–H and O–H groups in total. The Bertz CT molecular complexity index is 348. The van der Waals surface area contributed by atoms with Crippen molar-refractivity contribution < 1.29 is 4.79 Å². The van der Waals surface area contributed by atoms with Crippen LogP contribution < -0.4 is 5.73 Å². The molecule has 0 unspecified atom stereocenters. The monoisotopic (exact) mass is 181 g/mol. The van der Waals surface area contributed by atoms with E-state index in [0.717, 1.165) is 5.56 Å². The first-order valence-corrected chi connectivity index (χ1v) is 4.14. The molecule has 1 aromatic rings. The van der Waals surface area contributed by atoms with E-state index in [1.165, 1.54) is 0 Å². The van der Waals surface area contributed by atoms with Crippen LogP contribution in [0, 0.1) is 0 Å². The zero-order valence-electron chi connectivity index (χ0n) is 6.38. The number of hydrogen-bond acceptors (Lipinski definition) is 2. The van der Waals surface area contributed by atoms with Crippen molar-refractivity contribution in [2.24, 2.45) is 5.73 Å². The number of hydrogen-bond donors (Lipinski definition) is 1. The first kappa shape index (κ1) is 7.77. The van der Waals surface area contributed by atoms with E-state index >= 15 is 0 Å². The van der Waals surface area contributed by atoms with Crippen molar-refractivity contribution in [3.05, 3.63) is 34.3 Å². The number of nitrogens with two attached hydrogens (primary N) is 1. The van der Waals surface area contributed by atoms with Crippen LogP contribution in [0.2, 0.25) is 5.02 Å². The number of Topliss-reactive ketones (excluding diaryl/α,β-unsaturated/α-hetero) is 1. The molecule has 2 nitrogen and oxygen atoms in total. The second-order valence-electron chi connectivity index (χ2n) is 2.97. The minimum Gasteiger partial charge on any atom is -0.324 e. The van der Waals surface area contributed by atoms with E-state index in [1.54, 1.807) is 12.1 Å². The third-order valence-corrected chi connectivity index (χ3v) is 2.36. The highest BCUT2D eigenvalue weighted by Crippen LogP contribution is 2.30. The van der Waals surface area contributed by atoms with Crippen molar-refractivity contribution in [1.82, 2.24) is 0 Å². The van der Waals surface area contributed by atoms with Crippen molar-refractivity contribution in [3.8, 4) is 0 Å². The van der Waals surface area contributed by atoms with Crippen molar-refractivity contribution in [1.29, 1.82) is 0 Å². The maximum atomic E-state index is 11.3. The summed E-state index contributed by atoms with van der Waals surface area (Å²) in [6, 6.07) is 5.14. The summed E-state index contributed by atoms with van der Waals surface area (Å²) in [6.45, 7) is 0. The maximum absolute atomic E-state index is 11.3. The Balaban J connectivity index is 2.60. The van der Waals surface area contributed by atoms with Crippen molar-refractivity contribution >= 4 is 17.4 Å². The quantitative estimate of drug-likeness (QED) is 0.665. The third kappa shape index (κ3) is 1.04. The van der Waals surface area contributed by atoms with Gasteiger partial charge in [0.2, 0.25) is 0 Å². The maximum Gasteiger partial charge on any atom is 0.165 e. The van der Waals surface area contributed by atoms with Crippen molar-refractivity contribution in [2.75, 3.05) is 0 Å². The fourth-order valence-corrected chi connectivity index (χ4v) is 1.69. The fraction of sp³-hybridized carbons (Fsp3) is 0.222. The van der Waals surface area contributed by atoms with Crippen LogP contribution in [0.1, 0.15) is 28.4 Å². The lowest BCUT2D eigenvalue weighted by Gasteiger charge is -2.01. The average Bonchev–Trinajstić information content (AvgIpc) is 2.28. The molecule has 0 aliphatic heterocycles. The summed E-state index contributed by atoms with van der Waals surface area (Å²) in [5.41, 5.74) is 7.33. The molecule has 1 aromatic carbocycles. The van der Waals surface area contributed by atoms with E-state index in [4.69, 9.17) is 17.3 Å². The number of rotatable bonds is 0. The van der Waals surface area contributed by atoms with Crippen LogP contribution in [0.15, 0.2) is 18.2 Å². The van der Waals surface area contributed by atoms with Crippen LogP contribution in [0.25, 0.3) is 0 Å². The van der Waals surface area contributed by atoms with Crippen LogP contribution in [-0.4, -0.2) is 5.78 Å². The number of fused-ring (bicyclic) bond motifs is 1. The van der Waals surface area contributed by atoms with Crippen LogP contribution in [0.5, 0.6) is 0 Å². The molecule has 1 aliphatic rings. The molecule has 0 amide bonds. The summed E-state index contributed by atoms with van der Waals surface area (Å²) in [6.07, 6.45) is 0.412. The summed E-state index contributed by atoms with van der Waals surface area (Å²) in [5.74, 6) is 0.0972.